The van der Waals surface area contributed by atoms with Crippen LogP contribution in [0.2, 0.25) is 5.02 Å². The summed E-state index contributed by atoms with van der Waals surface area (Å²) >= 11 is 6.22. The lowest BCUT2D eigenvalue weighted by molar-refractivity contribution is -0.132. The molecule has 0 atom stereocenters. The van der Waals surface area contributed by atoms with Crippen LogP contribution in [-0.4, -0.2) is 42.9 Å². The maximum Gasteiger partial charge on any atom is 0.255 e. The molecular weight excluding hydrogens is 398 g/mol. The van der Waals surface area contributed by atoms with Crippen molar-refractivity contribution < 1.29 is 9.59 Å². The van der Waals surface area contributed by atoms with E-state index in [-0.39, 0.29) is 11.8 Å². The normalized spacial score (nSPS) is 14.2. The quantitative estimate of drug-likeness (QED) is 0.738. The average molecular weight is 428 g/mol. The zero-order valence-electron chi connectivity index (χ0n) is 18.2. The van der Waals surface area contributed by atoms with Gasteiger partial charge in [0, 0.05) is 43.2 Å². The maximum absolute atomic E-state index is 12.8. The molecule has 1 heterocycles. The van der Waals surface area contributed by atoms with Gasteiger partial charge in [0.1, 0.15) is 0 Å². The standard InChI is InChI=1S/C24H30ClN3O2/c1-16(2)13-23(29)28-11-9-27(10-12-28)22-8-7-20(25)15-21(22)26-24(30)19-6-5-17(3)18(4)14-19/h5-8,14-16H,9-13H2,1-4H3,(H,26,30). The van der Waals surface area contributed by atoms with Crippen LogP contribution in [0.1, 0.15) is 41.8 Å². The van der Waals surface area contributed by atoms with Gasteiger partial charge in [-0.15, -0.1) is 0 Å². The molecule has 0 radical (unpaired) electrons. The monoisotopic (exact) mass is 427 g/mol. The number of carbonyl (C=O) groups excluding carboxylic acids is 2. The Morgan fingerprint density at radius 2 is 1.70 bits per heavy atom. The Morgan fingerprint density at radius 3 is 2.33 bits per heavy atom. The molecule has 1 N–H and O–H groups in total. The number of piperazine rings is 1. The molecule has 2 amide bonds. The van der Waals surface area contributed by atoms with E-state index < -0.39 is 0 Å². The number of anilines is 2. The van der Waals surface area contributed by atoms with Crippen LogP contribution in [0, 0.1) is 19.8 Å². The van der Waals surface area contributed by atoms with Crippen LogP contribution >= 0.6 is 11.6 Å². The number of halogens is 1. The van der Waals surface area contributed by atoms with Gasteiger partial charge in [0.2, 0.25) is 5.91 Å². The molecule has 6 heteroatoms. The van der Waals surface area contributed by atoms with E-state index in [9.17, 15) is 9.59 Å². The summed E-state index contributed by atoms with van der Waals surface area (Å²) in [6, 6.07) is 11.2. The molecule has 0 bridgehead atoms. The molecule has 0 aliphatic carbocycles. The van der Waals surface area contributed by atoms with E-state index in [1.54, 1.807) is 6.07 Å². The summed E-state index contributed by atoms with van der Waals surface area (Å²) < 4.78 is 0. The van der Waals surface area contributed by atoms with Crippen LogP contribution in [0.5, 0.6) is 0 Å². The van der Waals surface area contributed by atoms with E-state index in [1.807, 2.05) is 49.1 Å². The molecule has 5 nitrogen and oxygen atoms in total. The molecule has 1 saturated heterocycles. The molecule has 1 aliphatic rings. The lowest BCUT2D eigenvalue weighted by Gasteiger charge is -2.37. The topological polar surface area (TPSA) is 52.7 Å². The molecule has 1 fully saturated rings. The first-order valence-corrected chi connectivity index (χ1v) is 10.8. The summed E-state index contributed by atoms with van der Waals surface area (Å²) in [7, 11) is 0. The van der Waals surface area contributed by atoms with Crippen LogP contribution in [0.3, 0.4) is 0 Å². The largest absolute Gasteiger partial charge is 0.366 e. The Morgan fingerprint density at radius 1 is 1.00 bits per heavy atom. The fourth-order valence-electron chi connectivity index (χ4n) is 3.64. The highest BCUT2D eigenvalue weighted by Gasteiger charge is 2.23. The van der Waals surface area contributed by atoms with Gasteiger partial charge < -0.3 is 15.1 Å². The highest BCUT2D eigenvalue weighted by atomic mass is 35.5. The lowest BCUT2D eigenvalue weighted by atomic mass is 10.1. The lowest BCUT2D eigenvalue weighted by Crippen LogP contribution is -2.49. The molecule has 0 saturated carbocycles. The van der Waals surface area contributed by atoms with Crippen LogP contribution < -0.4 is 10.2 Å². The van der Waals surface area contributed by atoms with E-state index in [1.165, 1.54) is 0 Å². The SMILES string of the molecule is Cc1ccc(C(=O)Nc2cc(Cl)ccc2N2CCN(C(=O)CC(C)C)CC2)cc1C. The molecule has 0 spiro atoms. The van der Waals surface area contributed by atoms with Gasteiger partial charge in [-0.2, -0.15) is 0 Å². The Bertz CT molecular complexity index is 934. The summed E-state index contributed by atoms with van der Waals surface area (Å²) in [5.74, 6) is 0.412. The number of nitrogens with zero attached hydrogens (tertiary/aromatic N) is 2. The Kier molecular flexibility index (Phi) is 7.03. The van der Waals surface area contributed by atoms with E-state index in [0.29, 0.717) is 41.7 Å². The molecular formula is C24H30ClN3O2. The van der Waals surface area contributed by atoms with E-state index in [0.717, 1.165) is 29.9 Å². The summed E-state index contributed by atoms with van der Waals surface area (Å²) in [6.45, 7) is 10.9. The van der Waals surface area contributed by atoms with Crippen molar-refractivity contribution in [2.75, 3.05) is 36.4 Å². The predicted octanol–water partition coefficient (Wildman–Crippen LogP) is 4.90. The van der Waals surface area contributed by atoms with Crippen LogP contribution in [0.25, 0.3) is 0 Å². The summed E-state index contributed by atoms with van der Waals surface area (Å²) in [6.07, 6.45) is 0.582. The number of hydrogen-bond acceptors (Lipinski definition) is 3. The number of carbonyl (C=O) groups is 2. The Labute approximate surface area is 184 Å². The highest BCUT2D eigenvalue weighted by molar-refractivity contribution is 6.31. The third kappa shape index (κ3) is 5.33. The number of rotatable bonds is 5. The van der Waals surface area contributed by atoms with Crippen molar-refractivity contribution in [3.63, 3.8) is 0 Å². The molecule has 1 aliphatic heterocycles. The second kappa shape index (κ2) is 9.52. The minimum Gasteiger partial charge on any atom is -0.366 e. The molecule has 30 heavy (non-hydrogen) atoms. The molecule has 2 aromatic rings. The van der Waals surface area contributed by atoms with Crippen LogP contribution in [-0.2, 0) is 4.79 Å². The summed E-state index contributed by atoms with van der Waals surface area (Å²) in [5.41, 5.74) is 4.46. The molecule has 0 aromatic heterocycles. The number of benzene rings is 2. The fourth-order valence-corrected chi connectivity index (χ4v) is 3.81. The van der Waals surface area contributed by atoms with Crippen molar-refractivity contribution in [3.8, 4) is 0 Å². The first-order chi connectivity index (χ1) is 14.2. The zero-order valence-corrected chi connectivity index (χ0v) is 18.9. The summed E-state index contributed by atoms with van der Waals surface area (Å²) in [5, 5.41) is 3.60. The highest BCUT2D eigenvalue weighted by Crippen LogP contribution is 2.31. The van der Waals surface area contributed by atoms with Crippen molar-refractivity contribution in [2.45, 2.75) is 34.1 Å². The minimum absolute atomic E-state index is 0.160. The van der Waals surface area contributed by atoms with E-state index >= 15 is 0 Å². The van der Waals surface area contributed by atoms with Crippen molar-refractivity contribution in [3.05, 3.63) is 58.1 Å². The number of hydrogen-bond donors (Lipinski definition) is 1. The Hall–Kier alpha value is -2.53. The van der Waals surface area contributed by atoms with Gasteiger partial charge in [0.15, 0.2) is 0 Å². The Balaban J connectivity index is 1.73. The first kappa shape index (κ1) is 22.2. The average Bonchev–Trinajstić information content (AvgIpc) is 2.70. The van der Waals surface area contributed by atoms with Gasteiger partial charge in [0.05, 0.1) is 11.4 Å². The van der Waals surface area contributed by atoms with Gasteiger partial charge in [-0.1, -0.05) is 31.5 Å². The van der Waals surface area contributed by atoms with E-state index in [2.05, 4.69) is 24.1 Å². The fraction of sp³-hybridized carbons (Fsp3) is 0.417. The molecule has 160 valence electrons. The van der Waals surface area contributed by atoms with Gasteiger partial charge in [-0.25, -0.2) is 0 Å². The van der Waals surface area contributed by atoms with E-state index in [4.69, 9.17) is 11.6 Å². The summed E-state index contributed by atoms with van der Waals surface area (Å²) in [4.78, 5) is 29.3. The van der Waals surface area contributed by atoms with Gasteiger partial charge in [-0.3, -0.25) is 9.59 Å². The number of amides is 2. The smallest absolute Gasteiger partial charge is 0.255 e. The predicted molar refractivity (Wildman–Crippen MR) is 124 cm³/mol. The second-order valence-corrected chi connectivity index (χ2v) is 8.82. The zero-order chi connectivity index (χ0) is 21.8. The maximum atomic E-state index is 12.8. The number of nitrogens with one attached hydrogen (secondary N) is 1. The van der Waals surface area contributed by atoms with Gasteiger partial charge >= 0.3 is 0 Å². The van der Waals surface area contributed by atoms with Crippen LogP contribution in [0.4, 0.5) is 11.4 Å². The second-order valence-electron chi connectivity index (χ2n) is 8.38. The third-order valence-corrected chi connectivity index (χ3v) is 5.77. The molecule has 2 aromatic carbocycles. The minimum atomic E-state index is -0.160. The third-order valence-electron chi connectivity index (χ3n) is 5.53. The molecule has 0 unspecified atom stereocenters. The van der Waals surface area contributed by atoms with Crippen molar-refractivity contribution in [1.29, 1.82) is 0 Å². The van der Waals surface area contributed by atoms with Crippen molar-refractivity contribution in [2.24, 2.45) is 5.92 Å². The molecule has 3 rings (SSSR count). The van der Waals surface area contributed by atoms with Gasteiger partial charge in [-0.05, 0) is 61.2 Å². The van der Waals surface area contributed by atoms with Crippen molar-refractivity contribution in [1.82, 2.24) is 4.90 Å². The first-order valence-electron chi connectivity index (χ1n) is 10.5. The van der Waals surface area contributed by atoms with Crippen molar-refractivity contribution >= 4 is 34.8 Å². The van der Waals surface area contributed by atoms with Gasteiger partial charge in [0.25, 0.3) is 5.91 Å². The number of aryl methyl sites for hydroxylation is 2. The van der Waals surface area contributed by atoms with Crippen LogP contribution in [0.15, 0.2) is 36.4 Å².